The summed E-state index contributed by atoms with van der Waals surface area (Å²) in [5.41, 5.74) is 3.24. The molecule has 156 valence electrons. The van der Waals surface area contributed by atoms with Crippen LogP contribution >= 0.6 is 23.4 Å². The Hall–Kier alpha value is -2.74. The zero-order valence-electron chi connectivity index (χ0n) is 16.3. The van der Waals surface area contributed by atoms with Crippen molar-refractivity contribution in [3.8, 4) is 22.5 Å². The fourth-order valence-electron chi connectivity index (χ4n) is 2.96. The van der Waals surface area contributed by atoms with Gasteiger partial charge in [0.25, 0.3) is 0 Å². The van der Waals surface area contributed by atoms with Crippen LogP contribution < -0.4 is 0 Å². The lowest BCUT2D eigenvalue weighted by molar-refractivity contribution is 0.597. The predicted octanol–water partition coefficient (Wildman–Crippen LogP) is 5.43. The van der Waals surface area contributed by atoms with Gasteiger partial charge in [-0.1, -0.05) is 84.0 Å². The summed E-state index contributed by atoms with van der Waals surface area (Å²) in [5.74, 6) is 0.273. The quantitative estimate of drug-likeness (QED) is 0.338. The molecular formula is C23H18ClN3O2S2. The van der Waals surface area contributed by atoms with E-state index in [0.717, 1.165) is 11.1 Å². The van der Waals surface area contributed by atoms with Crippen molar-refractivity contribution in [3.05, 3.63) is 90.0 Å². The highest BCUT2D eigenvalue weighted by Gasteiger charge is 2.17. The maximum absolute atomic E-state index is 12.5. The molecule has 8 heteroatoms. The Labute approximate surface area is 190 Å². The molecule has 0 saturated heterocycles. The molecule has 0 spiro atoms. The molecule has 5 nitrogen and oxygen atoms in total. The van der Waals surface area contributed by atoms with Gasteiger partial charge in [0.2, 0.25) is 5.16 Å². The molecule has 31 heavy (non-hydrogen) atoms. The van der Waals surface area contributed by atoms with Crippen LogP contribution in [0.1, 0.15) is 0 Å². The van der Waals surface area contributed by atoms with Gasteiger partial charge in [-0.15, -0.1) is 10.2 Å². The lowest BCUT2D eigenvalue weighted by atomic mass is 10.0. The van der Waals surface area contributed by atoms with E-state index in [-0.39, 0.29) is 10.6 Å². The second-order valence-electron chi connectivity index (χ2n) is 6.64. The summed E-state index contributed by atoms with van der Waals surface area (Å²) in [6.45, 7) is 0. The normalized spacial score (nSPS) is 11.4. The van der Waals surface area contributed by atoms with E-state index in [2.05, 4.69) is 10.2 Å². The minimum absolute atomic E-state index is 0.0379. The minimum Gasteiger partial charge on any atom is -0.224 e. The lowest BCUT2D eigenvalue weighted by Crippen LogP contribution is -2.09. The molecule has 0 bridgehead atoms. The summed E-state index contributed by atoms with van der Waals surface area (Å²) in [6, 6.07) is 25.7. The largest absolute Gasteiger partial charge is 0.224 e. The summed E-state index contributed by atoms with van der Waals surface area (Å²) in [5, 5.41) is 9.58. The molecule has 0 radical (unpaired) electrons. The molecule has 0 unspecified atom stereocenters. The highest BCUT2D eigenvalue weighted by molar-refractivity contribution is 8.00. The first-order valence-electron chi connectivity index (χ1n) is 9.50. The summed E-state index contributed by atoms with van der Waals surface area (Å²) >= 11 is 7.11. The topological polar surface area (TPSA) is 72.8 Å². The van der Waals surface area contributed by atoms with Crippen LogP contribution in [-0.4, -0.2) is 35.1 Å². The molecule has 0 amide bonds. The second-order valence-corrected chi connectivity index (χ2v) is 10.3. The van der Waals surface area contributed by atoms with Crippen molar-refractivity contribution in [2.45, 2.75) is 10.1 Å². The van der Waals surface area contributed by atoms with Gasteiger partial charge in [-0.3, -0.25) is 0 Å². The van der Waals surface area contributed by atoms with Crippen molar-refractivity contribution in [2.75, 3.05) is 11.5 Å². The van der Waals surface area contributed by atoms with Crippen LogP contribution in [0.3, 0.4) is 0 Å². The van der Waals surface area contributed by atoms with Crippen molar-refractivity contribution in [1.82, 2.24) is 15.2 Å². The maximum Gasteiger partial charge on any atom is 0.209 e. The van der Waals surface area contributed by atoms with Gasteiger partial charge in [-0.05, 0) is 24.3 Å². The molecule has 4 aromatic rings. The highest BCUT2D eigenvalue weighted by atomic mass is 35.5. The summed E-state index contributed by atoms with van der Waals surface area (Å²) in [7, 11) is -3.42. The van der Waals surface area contributed by atoms with Gasteiger partial charge in [-0.2, -0.15) is 0 Å². The second kappa shape index (κ2) is 9.60. The maximum atomic E-state index is 12.5. The van der Waals surface area contributed by atoms with Gasteiger partial charge in [0.1, 0.15) is 11.4 Å². The van der Waals surface area contributed by atoms with Crippen LogP contribution in [0.25, 0.3) is 22.5 Å². The molecule has 0 saturated carbocycles. The van der Waals surface area contributed by atoms with Gasteiger partial charge in [-0.25, -0.2) is 13.4 Å². The smallest absolute Gasteiger partial charge is 0.209 e. The number of hydrogen-bond acceptors (Lipinski definition) is 6. The van der Waals surface area contributed by atoms with E-state index >= 15 is 0 Å². The van der Waals surface area contributed by atoms with Crippen molar-refractivity contribution in [1.29, 1.82) is 0 Å². The Morgan fingerprint density at radius 2 is 1.32 bits per heavy atom. The van der Waals surface area contributed by atoms with Crippen LogP contribution in [0.5, 0.6) is 0 Å². The van der Waals surface area contributed by atoms with Gasteiger partial charge in [0.15, 0.2) is 9.84 Å². The van der Waals surface area contributed by atoms with Gasteiger partial charge >= 0.3 is 0 Å². The lowest BCUT2D eigenvalue weighted by Gasteiger charge is -2.09. The van der Waals surface area contributed by atoms with Gasteiger partial charge < -0.3 is 0 Å². The number of aromatic nitrogens is 3. The van der Waals surface area contributed by atoms with Crippen LogP contribution in [-0.2, 0) is 9.84 Å². The van der Waals surface area contributed by atoms with Crippen molar-refractivity contribution in [3.63, 3.8) is 0 Å². The zero-order chi connectivity index (χ0) is 21.7. The van der Waals surface area contributed by atoms with Crippen molar-refractivity contribution in [2.24, 2.45) is 0 Å². The average molecular weight is 468 g/mol. The fraction of sp³-hybridized carbons (Fsp3) is 0.0870. The molecule has 0 aliphatic heterocycles. The number of benzene rings is 3. The molecule has 3 aromatic carbocycles. The third kappa shape index (κ3) is 5.31. The molecule has 4 rings (SSSR count). The predicted molar refractivity (Wildman–Crippen MR) is 125 cm³/mol. The third-order valence-electron chi connectivity index (χ3n) is 4.52. The Balaban J connectivity index is 1.56. The first-order valence-corrected chi connectivity index (χ1v) is 12.5. The average Bonchev–Trinajstić information content (AvgIpc) is 2.80. The Bertz CT molecular complexity index is 1270. The number of thioether (sulfide) groups is 1. The molecule has 0 atom stereocenters. The van der Waals surface area contributed by atoms with Crippen LogP contribution in [0, 0.1) is 0 Å². The monoisotopic (exact) mass is 467 g/mol. The Morgan fingerprint density at radius 3 is 1.94 bits per heavy atom. The Morgan fingerprint density at radius 1 is 0.742 bits per heavy atom. The summed E-state index contributed by atoms with van der Waals surface area (Å²) in [4.78, 5) is 4.95. The number of sulfone groups is 1. The zero-order valence-corrected chi connectivity index (χ0v) is 18.7. The number of nitrogens with zero attached hydrogens (tertiary/aromatic N) is 3. The molecule has 1 aromatic heterocycles. The SMILES string of the molecule is O=S(=O)(CCSc1nnc(-c2ccccc2)c(-c2ccccc2)n1)c1ccc(Cl)cc1. The van der Waals surface area contributed by atoms with Gasteiger partial charge in [0, 0.05) is 21.9 Å². The number of halogens is 1. The first kappa shape index (κ1) is 21.5. The first-order chi connectivity index (χ1) is 15.0. The fourth-order valence-corrected chi connectivity index (χ4v) is 5.52. The number of hydrogen-bond donors (Lipinski definition) is 0. The highest BCUT2D eigenvalue weighted by Crippen LogP contribution is 2.29. The van der Waals surface area contributed by atoms with Gasteiger partial charge in [0.05, 0.1) is 10.6 Å². The minimum atomic E-state index is -3.42. The molecule has 0 aliphatic rings. The standard InChI is InChI=1S/C23H18ClN3O2S2/c24-19-11-13-20(14-12-19)31(28,29)16-15-30-23-25-21(17-7-3-1-4-8-17)22(26-27-23)18-9-5-2-6-10-18/h1-14H,15-16H2. The molecular weight excluding hydrogens is 450 g/mol. The third-order valence-corrected chi connectivity index (χ3v) is 7.60. The van der Waals surface area contributed by atoms with E-state index in [1.165, 1.54) is 23.9 Å². The van der Waals surface area contributed by atoms with Crippen LogP contribution in [0.4, 0.5) is 0 Å². The Kier molecular flexibility index (Phi) is 6.65. The van der Waals surface area contributed by atoms with Crippen LogP contribution in [0.2, 0.25) is 5.02 Å². The van der Waals surface area contributed by atoms with E-state index in [4.69, 9.17) is 16.6 Å². The van der Waals surface area contributed by atoms with E-state index < -0.39 is 9.84 Å². The molecule has 0 N–H and O–H groups in total. The van der Waals surface area contributed by atoms with E-state index in [1.54, 1.807) is 12.1 Å². The molecule has 0 aliphatic carbocycles. The molecule has 0 fully saturated rings. The molecule has 1 heterocycles. The van der Waals surface area contributed by atoms with Crippen molar-refractivity contribution >= 4 is 33.2 Å². The van der Waals surface area contributed by atoms with E-state index in [9.17, 15) is 8.42 Å². The van der Waals surface area contributed by atoms with Crippen molar-refractivity contribution < 1.29 is 8.42 Å². The summed E-state index contributed by atoms with van der Waals surface area (Å²) < 4.78 is 25.1. The number of rotatable bonds is 7. The van der Waals surface area contributed by atoms with E-state index in [0.29, 0.717) is 27.3 Å². The van der Waals surface area contributed by atoms with E-state index in [1.807, 2.05) is 60.7 Å². The summed E-state index contributed by atoms with van der Waals surface area (Å²) in [6.07, 6.45) is 0. The van der Waals surface area contributed by atoms with Crippen LogP contribution in [0.15, 0.2) is 95.0 Å².